The molecule has 1 aliphatic carbocycles. The second-order valence-electron chi connectivity index (χ2n) is 5.64. The number of fused-ring (bicyclic) bond motifs is 1. The normalized spacial score (nSPS) is 18.4. The Hall–Kier alpha value is -2.04. The number of aryl methyl sites for hydroxylation is 1. The Morgan fingerprint density at radius 2 is 2.05 bits per heavy atom. The molecule has 2 atom stereocenters. The predicted molar refractivity (Wildman–Crippen MR) is 80.2 cm³/mol. The zero-order valence-corrected chi connectivity index (χ0v) is 12.3. The van der Waals surface area contributed by atoms with Crippen LogP contribution in [-0.2, 0) is 17.6 Å². The van der Waals surface area contributed by atoms with Gasteiger partial charge in [-0.25, -0.2) is 4.79 Å². The average Bonchev–Trinajstić information content (AvgIpc) is 2.46. The number of rotatable bonds is 5. The van der Waals surface area contributed by atoms with Gasteiger partial charge in [-0.1, -0.05) is 31.2 Å². The molecule has 2 rings (SSSR count). The van der Waals surface area contributed by atoms with E-state index in [0.29, 0.717) is 13.0 Å². The van der Waals surface area contributed by atoms with Crippen molar-refractivity contribution in [1.82, 2.24) is 10.6 Å². The summed E-state index contributed by atoms with van der Waals surface area (Å²) >= 11 is 0. The number of urea groups is 1. The summed E-state index contributed by atoms with van der Waals surface area (Å²) in [5.41, 5.74) is 2.67. The highest BCUT2D eigenvalue weighted by atomic mass is 16.4. The second kappa shape index (κ2) is 7.11. The highest BCUT2D eigenvalue weighted by molar-refractivity contribution is 5.74. The van der Waals surface area contributed by atoms with Crippen LogP contribution in [0.2, 0.25) is 0 Å². The lowest BCUT2D eigenvalue weighted by Gasteiger charge is -2.25. The first-order valence-electron chi connectivity index (χ1n) is 7.40. The Morgan fingerprint density at radius 3 is 2.76 bits per heavy atom. The van der Waals surface area contributed by atoms with E-state index in [9.17, 15) is 9.59 Å². The number of carboxylic acid groups (broad SMARTS) is 1. The van der Waals surface area contributed by atoms with Gasteiger partial charge in [0.05, 0.1) is 5.92 Å². The fourth-order valence-electron chi connectivity index (χ4n) is 2.58. The minimum Gasteiger partial charge on any atom is -0.481 e. The van der Waals surface area contributed by atoms with E-state index >= 15 is 0 Å². The molecule has 0 saturated carbocycles. The molecule has 5 nitrogen and oxygen atoms in total. The van der Waals surface area contributed by atoms with Gasteiger partial charge in [0.15, 0.2) is 0 Å². The van der Waals surface area contributed by atoms with Crippen molar-refractivity contribution in [3.05, 3.63) is 35.4 Å². The van der Waals surface area contributed by atoms with E-state index in [1.165, 1.54) is 11.1 Å². The smallest absolute Gasteiger partial charge is 0.315 e. The molecular weight excluding hydrogens is 268 g/mol. The second-order valence-corrected chi connectivity index (χ2v) is 5.64. The third-order valence-electron chi connectivity index (χ3n) is 3.97. The molecule has 1 aliphatic rings. The summed E-state index contributed by atoms with van der Waals surface area (Å²) in [5.74, 6) is -1.27. The van der Waals surface area contributed by atoms with Gasteiger partial charge in [0, 0.05) is 12.6 Å². The van der Waals surface area contributed by atoms with Crippen molar-refractivity contribution in [2.24, 2.45) is 5.92 Å². The summed E-state index contributed by atoms with van der Waals surface area (Å²) in [6, 6.07) is 8.25. The fourth-order valence-corrected chi connectivity index (χ4v) is 2.58. The fraction of sp³-hybridized carbons (Fsp3) is 0.500. The van der Waals surface area contributed by atoms with Crippen molar-refractivity contribution in [2.75, 3.05) is 6.54 Å². The molecule has 5 heteroatoms. The number of benzene rings is 1. The van der Waals surface area contributed by atoms with Crippen LogP contribution >= 0.6 is 0 Å². The van der Waals surface area contributed by atoms with Crippen LogP contribution in [0.1, 0.15) is 30.9 Å². The number of carbonyl (C=O) groups excluding carboxylic acids is 1. The molecule has 0 saturated heterocycles. The SMILES string of the molecule is CC(CCNC(=O)NC1CCc2ccccc2C1)C(=O)O. The molecule has 0 aliphatic heterocycles. The molecule has 3 N–H and O–H groups in total. The van der Waals surface area contributed by atoms with E-state index in [1.807, 2.05) is 12.1 Å². The highest BCUT2D eigenvalue weighted by Gasteiger charge is 2.19. The maximum atomic E-state index is 11.8. The molecule has 114 valence electrons. The summed E-state index contributed by atoms with van der Waals surface area (Å²) in [7, 11) is 0. The molecule has 0 aromatic heterocycles. The van der Waals surface area contributed by atoms with Crippen LogP contribution in [0.15, 0.2) is 24.3 Å². The molecule has 21 heavy (non-hydrogen) atoms. The Morgan fingerprint density at radius 1 is 1.33 bits per heavy atom. The Labute approximate surface area is 124 Å². The molecule has 0 spiro atoms. The van der Waals surface area contributed by atoms with Crippen molar-refractivity contribution < 1.29 is 14.7 Å². The molecule has 0 radical (unpaired) electrons. The van der Waals surface area contributed by atoms with E-state index in [4.69, 9.17) is 5.11 Å². The lowest BCUT2D eigenvalue weighted by Crippen LogP contribution is -2.45. The first-order valence-corrected chi connectivity index (χ1v) is 7.40. The maximum Gasteiger partial charge on any atom is 0.315 e. The summed E-state index contributed by atoms with van der Waals surface area (Å²) in [4.78, 5) is 22.5. The van der Waals surface area contributed by atoms with Crippen molar-refractivity contribution in [3.63, 3.8) is 0 Å². The van der Waals surface area contributed by atoms with Gasteiger partial charge in [0.25, 0.3) is 0 Å². The monoisotopic (exact) mass is 290 g/mol. The number of carbonyl (C=O) groups is 2. The van der Waals surface area contributed by atoms with Crippen molar-refractivity contribution >= 4 is 12.0 Å². The van der Waals surface area contributed by atoms with Gasteiger partial charge >= 0.3 is 12.0 Å². The molecule has 1 aromatic carbocycles. The standard InChI is InChI=1S/C16H22N2O3/c1-11(15(19)20)8-9-17-16(21)18-14-7-6-12-4-2-3-5-13(12)10-14/h2-5,11,14H,6-10H2,1H3,(H,19,20)(H2,17,18,21). The predicted octanol–water partition coefficient (Wildman–Crippen LogP) is 1.95. The summed E-state index contributed by atoms with van der Waals surface area (Å²) in [6.07, 6.45) is 3.22. The first kappa shape index (κ1) is 15.4. The highest BCUT2D eigenvalue weighted by Crippen LogP contribution is 2.20. The maximum absolute atomic E-state index is 11.8. The minimum atomic E-state index is -0.832. The van der Waals surface area contributed by atoms with Gasteiger partial charge < -0.3 is 15.7 Å². The van der Waals surface area contributed by atoms with Crippen molar-refractivity contribution in [3.8, 4) is 0 Å². The van der Waals surface area contributed by atoms with Crippen molar-refractivity contribution in [2.45, 2.75) is 38.6 Å². The number of nitrogens with one attached hydrogen (secondary N) is 2. The van der Waals surface area contributed by atoms with Crippen LogP contribution in [0.4, 0.5) is 4.79 Å². The summed E-state index contributed by atoms with van der Waals surface area (Å²) in [5, 5.41) is 14.5. The van der Waals surface area contributed by atoms with Crippen LogP contribution in [0.25, 0.3) is 0 Å². The minimum absolute atomic E-state index is 0.150. The van der Waals surface area contributed by atoms with Gasteiger partial charge in [-0.15, -0.1) is 0 Å². The lowest BCUT2D eigenvalue weighted by atomic mass is 9.88. The van der Waals surface area contributed by atoms with Gasteiger partial charge in [-0.05, 0) is 36.8 Å². The number of carboxylic acids is 1. The third-order valence-corrected chi connectivity index (χ3v) is 3.97. The van der Waals surface area contributed by atoms with E-state index in [1.54, 1.807) is 6.92 Å². The van der Waals surface area contributed by atoms with Gasteiger partial charge in [0.1, 0.15) is 0 Å². The van der Waals surface area contributed by atoms with Gasteiger partial charge in [0.2, 0.25) is 0 Å². The zero-order chi connectivity index (χ0) is 15.2. The molecular formula is C16H22N2O3. The van der Waals surface area contributed by atoms with Gasteiger partial charge in [-0.2, -0.15) is 0 Å². The van der Waals surface area contributed by atoms with E-state index in [-0.39, 0.29) is 12.1 Å². The number of aliphatic carboxylic acids is 1. The summed E-state index contributed by atoms with van der Waals surface area (Å²) < 4.78 is 0. The molecule has 2 unspecified atom stereocenters. The number of hydrogen-bond acceptors (Lipinski definition) is 2. The van der Waals surface area contributed by atoms with E-state index in [2.05, 4.69) is 22.8 Å². The zero-order valence-electron chi connectivity index (χ0n) is 12.3. The molecule has 0 bridgehead atoms. The largest absolute Gasteiger partial charge is 0.481 e. The topological polar surface area (TPSA) is 78.4 Å². The first-order chi connectivity index (χ1) is 10.1. The molecule has 0 heterocycles. The van der Waals surface area contributed by atoms with Crippen LogP contribution in [0.3, 0.4) is 0 Å². The number of amides is 2. The van der Waals surface area contributed by atoms with Crippen LogP contribution in [0.5, 0.6) is 0 Å². The Kier molecular flexibility index (Phi) is 5.20. The Balaban J connectivity index is 1.73. The molecule has 0 fully saturated rings. The number of hydrogen-bond donors (Lipinski definition) is 3. The van der Waals surface area contributed by atoms with Crippen LogP contribution in [-0.4, -0.2) is 29.7 Å². The average molecular weight is 290 g/mol. The Bertz CT molecular complexity index is 516. The summed E-state index contributed by atoms with van der Waals surface area (Å²) in [6.45, 7) is 2.02. The quantitative estimate of drug-likeness (QED) is 0.775. The van der Waals surface area contributed by atoms with Crippen molar-refractivity contribution in [1.29, 1.82) is 0 Å². The van der Waals surface area contributed by atoms with E-state index < -0.39 is 11.9 Å². The third kappa shape index (κ3) is 4.48. The van der Waals surface area contributed by atoms with Crippen LogP contribution in [0, 0.1) is 5.92 Å². The molecule has 2 amide bonds. The van der Waals surface area contributed by atoms with Crippen LogP contribution < -0.4 is 10.6 Å². The van der Waals surface area contributed by atoms with E-state index in [0.717, 1.165) is 19.3 Å². The van der Waals surface area contributed by atoms with Gasteiger partial charge in [-0.3, -0.25) is 4.79 Å². The lowest BCUT2D eigenvalue weighted by molar-refractivity contribution is -0.141. The molecule has 1 aromatic rings.